The van der Waals surface area contributed by atoms with Crippen LogP contribution in [0.1, 0.15) is 6.42 Å². The molecule has 1 aromatic heterocycles. The van der Waals surface area contributed by atoms with Gasteiger partial charge in [0.1, 0.15) is 11.1 Å². The fraction of sp³-hybridized carbons (Fsp3) is 0.176. The van der Waals surface area contributed by atoms with Gasteiger partial charge in [-0.2, -0.15) is 0 Å². The van der Waals surface area contributed by atoms with Crippen molar-refractivity contribution in [1.29, 1.82) is 0 Å². The number of nitro groups is 1. The molecule has 2 heterocycles. The van der Waals surface area contributed by atoms with Crippen molar-refractivity contribution in [3.05, 3.63) is 58.4 Å². The number of imidazole rings is 1. The summed E-state index contributed by atoms with van der Waals surface area (Å²) < 4.78 is 20.0. The summed E-state index contributed by atoms with van der Waals surface area (Å²) in [4.78, 5) is 26.8. The zero-order chi connectivity index (χ0) is 18.3. The van der Waals surface area contributed by atoms with Gasteiger partial charge in [0.2, 0.25) is 0 Å². The van der Waals surface area contributed by atoms with Crippen molar-refractivity contribution in [2.24, 2.45) is 0 Å². The number of nitrogens with zero attached hydrogens (tertiary/aromatic N) is 3. The summed E-state index contributed by atoms with van der Waals surface area (Å²) in [5, 5.41) is 11.1. The summed E-state index contributed by atoms with van der Waals surface area (Å²) in [6.45, 7) is 0.360. The second-order valence-corrected chi connectivity index (χ2v) is 6.87. The molecule has 4 rings (SSSR count). The van der Waals surface area contributed by atoms with Crippen LogP contribution < -0.4 is 0 Å². The standard InChI is InChI=1S/C17H12FN3O4S/c18-10-1-3-11(4-2-10)20-14-6-5-12(21(23)24)9-13(14)19-17(20)26-15-7-8-25-16(15)22/h1-6,9,15H,7-8H2. The van der Waals surface area contributed by atoms with Crippen molar-refractivity contribution in [3.63, 3.8) is 0 Å². The predicted octanol–water partition coefficient (Wildman–Crippen LogP) is 3.48. The van der Waals surface area contributed by atoms with Gasteiger partial charge >= 0.3 is 5.97 Å². The molecular formula is C17H12FN3O4S. The Morgan fingerprint density at radius 3 is 2.69 bits per heavy atom. The van der Waals surface area contributed by atoms with Gasteiger partial charge in [0.05, 0.1) is 22.6 Å². The van der Waals surface area contributed by atoms with E-state index in [9.17, 15) is 19.3 Å². The number of fused-ring (bicyclic) bond motifs is 1. The fourth-order valence-corrected chi connectivity index (χ4v) is 3.88. The molecule has 1 saturated heterocycles. The maximum Gasteiger partial charge on any atom is 0.319 e. The number of thioether (sulfide) groups is 1. The number of esters is 1. The van der Waals surface area contributed by atoms with Crippen molar-refractivity contribution in [3.8, 4) is 5.69 Å². The highest BCUT2D eigenvalue weighted by Gasteiger charge is 2.30. The van der Waals surface area contributed by atoms with E-state index in [0.717, 1.165) is 0 Å². The zero-order valence-electron chi connectivity index (χ0n) is 13.3. The number of nitro benzene ring substituents is 1. The van der Waals surface area contributed by atoms with Crippen LogP contribution in [0.4, 0.5) is 10.1 Å². The average molecular weight is 373 g/mol. The molecule has 0 bridgehead atoms. The van der Waals surface area contributed by atoms with Crippen LogP contribution in [-0.2, 0) is 9.53 Å². The first kappa shape index (κ1) is 16.5. The van der Waals surface area contributed by atoms with E-state index in [0.29, 0.717) is 34.9 Å². The Labute approximate surface area is 150 Å². The topological polar surface area (TPSA) is 87.3 Å². The van der Waals surface area contributed by atoms with Crippen molar-refractivity contribution in [2.45, 2.75) is 16.8 Å². The molecule has 26 heavy (non-hydrogen) atoms. The number of rotatable bonds is 4. The summed E-state index contributed by atoms with van der Waals surface area (Å²) >= 11 is 1.24. The van der Waals surface area contributed by atoms with E-state index in [2.05, 4.69) is 4.98 Å². The largest absolute Gasteiger partial charge is 0.465 e. The smallest absolute Gasteiger partial charge is 0.319 e. The number of halogens is 1. The number of ether oxygens (including phenoxy) is 1. The molecule has 2 aromatic carbocycles. The van der Waals surface area contributed by atoms with Crippen LogP contribution in [0, 0.1) is 15.9 Å². The van der Waals surface area contributed by atoms with E-state index in [1.807, 2.05) is 0 Å². The highest BCUT2D eigenvalue weighted by atomic mass is 32.2. The van der Waals surface area contributed by atoms with Crippen LogP contribution in [0.25, 0.3) is 16.7 Å². The molecule has 132 valence electrons. The molecule has 1 atom stereocenters. The van der Waals surface area contributed by atoms with E-state index in [1.165, 1.54) is 36.0 Å². The van der Waals surface area contributed by atoms with Gasteiger partial charge in [-0.3, -0.25) is 19.5 Å². The number of benzene rings is 2. The van der Waals surface area contributed by atoms with E-state index in [-0.39, 0.29) is 22.7 Å². The Balaban J connectivity index is 1.87. The lowest BCUT2D eigenvalue weighted by molar-refractivity contribution is -0.384. The first-order valence-electron chi connectivity index (χ1n) is 7.79. The zero-order valence-corrected chi connectivity index (χ0v) is 14.1. The molecule has 1 aliphatic rings. The van der Waals surface area contributed by atoms with E-state index in [4.69, 9.17) is 4.74 Å². The van der Waals surface area contributed by atoms with Gasteiger partial charge in [0, 0.05) is 24.2 Å². The normalized spacial score (nSPS) is 16.8. The van der Waals surface area contributed by atoms with Gasteiger partial charge in [-0.1, -0.05) is 11.8 Å². The maximum absolute atomic E-state index is 13.3. The van der Waals surface area contributed by atoms with Crippen molar-refractivity contribution < 1.29 is 18.8 Å². The Morgan fingerprint density at radius 1 is 1.27 bits per heavy atom. The van der Waals surface area contributed by atoms with Crippen molar-refractivity contribution in [2.75, 3.05) is 6.61 Å². The summed E-state index contributed by atoms with van der Waals surface area (Å²) in [6.07, 6.45) is 0.566. The lowest BCUT2D eigenvalue weighted by Crippen LogP contribution is -2.11. The molecule has 7 nitrogen and oxygen atoms in total. The van der Waals surface area contributed by atoms with Crippen LogP contribution in [0.5, 0.6) is 0 Å². The third-order valence-corrected chi connectivity index (χ3v) is 5.24. The van der Waals surface area contributed by atoms with Gasteiger partial charge in [-0.05, 0) is 30.3 Å². The van der Waals surface area contributed by atoms with Crippen LogP contribution in [0.2, 0.25) is 0 Å². The van der Waals surface area contributed by atoms with Gasteiger partial charge in [-0.25, -0.2) is 9.37 Å². The van der Waals surface area contributed by atoms with Gasteiger partial charge in [-0.15, -0.1) is 0 Å². The Morgan fingerprint density at radius 2 is 2.04 bits per heavy atom. The quantitative estimate of drug-likeness (QED) is 0.395. The van der Waals surface area contributed by atoms with Crippen LogP contribution >= 0.6 is 11.8 Å². The first-order chi connectivity index (χ1) is 12.5. The minimum atomic E-state index is -0.489. The molecule has 1 aliphatic heterocycles. The minimum absolute atomic E-state index is 0.0712. The number of hydrogen-bond acceptors (Lipinski definition) is 6. The van der Waals surface area contributed by atoms with Gasteiger partial charge < -0.3 is 4.74 Å². The number of aromatic nitrogens is 2. The number of carbonyl (C=O) groups excluding carboxylic acids is 1. The lowest BCUT2D eigenvalue weighted by atomic mass is 10.2. The molecule has 0 radical (unpaired) electrons. The molecule has 1 unspecified atom stereocenters. The van der Waals surface area contributed by atoms with Gasteiger partial charge in [0.15, 0.2) is 5.16 Å². The Bertz CT molecular complexity index is 1020. The number of carbonyl (C=O) groups is 1. The third-order valence-electron chi connectivity index (χ3n) is 4.04. The monoisotopic (exact) mass is 373 g/mol. The second-order valence-electron chi connectivity index (χ2n) is 5.70. The minimum Gasteiger partial charge on any atom is -0.465 e. The van der Waals surface area contributed by atoms with Crippen LogP contribution in [0.3, 0.4) is 0 Å². The molecule has 0 saturated carbocycles. The predicted molar refractivity (Wildman–Crippen MR) is 92.9 cm³/mol. The third kappa shape index (κ3) is 2.90. The van der Waals surface area contributed by atoms with Gasteiger partial charge in [0.25, 0.3) is 5.69 Å². The first-order valence-corrected chi connectivity index (χ1v) is 8.67. The van der Waals surface area contributed by atoms with Crippen molar-refractivity contribution >= 4 is 34.5 Å². The molecule has 0 N–H and O–H groups in total. The molecule has 3 aromatic rings. The molecule has 0 spiro atoms. The number of cyclic esters (lactones) is 1. The number of hydrogen-bond donors (Lipinski definition) is 0. The molecule has 0 amide bonds. The Hall–Kier alpha value is -2.94. The molecular weight excluding hydrogens is 361 g/mol. The van der Waals surface area contributed by atoms with E-state index >= 15 is 0 Å². The molecule has 1 fully saturated rings. The maximum atomic E-state index is 13.3. The lowest BCUT2D eigenvalue weighted by Gasteiger charge is -2.10. The summed E-state index contributed by atoms with van der Waals surface area (Å²) in [5.74, 6) is -0.680. The summed E-state index contributed by atoms with van der Waals surface area (Å²) in [5.41, 5.74) is 1.64. The van der Waals surface area contributed by atoms with Crippen molar-refractivity contribution in [1.82, 2.24) is 9.55 Å². The summed E-state index contributed by atoms with van der Waals surface area (Å²) in [7, 11) is 0. The average Bonchev–Trinajstić information content (AvgIpc) is 3.18. The highest BCUT2D eigenvalue weighted by Crippen LogP contribution is 2.34. The summed E-state index contributed by atoms with van der Waals surface area (Å²) in [6, 6.07) is 10.2. The van der Waals surface area contributed by atoms with E-state index < -0.39 is 4.92 Å². The molecule has 9 heteroatoms. The number of non-ortho nitro benzene ring substituents is 1. The Kier molecular flexibility index (Phi) is 4.08. The fourth-order valence-electron chi connectivity index (χ4n) is 2.79. The van der Waals surface area contributed by atoms with Crippen LogP contribution in [0.15, 0.2) is 47.6 Å². The molecule has 0 aliphatic carbocycles. The van der Waals surface area contributed by atoms with E-state index in [1.54, 1.807) is 22.8 Å². The SMILES string of the molecule is O=C1OCCC1Sc1nc2cc([N+](=O)[O-])ccc2n1-c1ccc(F)cc1. The van der Waals surface area contributed by atoms with Crippen LogP contribution in [-0.4, -0.2) is 32.3 Å². The highest BCUT2D eigenvalue weighted by molar-refractivity contribution is 8.00. The second kappa shape index (κ2) is 6.41.